The van der Waals surface area contributed by atoms with Gasteiger partial charge in [-0.2, -0.15) is 0 Å². The Kier molecular flexibility index (Phi) is 6.01. The number of carbonyl (C=O) groups is 2. The number of nitro benzene ring substituents is 1. The molecule has 0 N–H and O–H groups in total. The van der Waals surface area contributed by atoms with Crippen molar-refractivity contribution in [3.63, 3.8) is 0 Å². The number of rotatable bonds is 6. The van der Waals surface area contributed by atoms with E-state index in [0.29, 0.717) is 11.3 Å². The zero-order valence-electron chi connectivity index (χ0n) is 14.6. The fraction of sp³-hybridized carbons (Fsp3) is 0.300. The molecular formula is C20H19BrN2O4. The second kappa shape index (κ2) is 8.43. The minimum atomic E-state index is -0.530. The van der Waals surface area contributed by atoms with Crippen molar-refractivity contribution in [3.05, 3.63) is 69.8 Å². The van der Waals surface area contributed by atoms with Crippen LogP contribution in [0.5, 0.6) is 0 Å². The summed E-state index contributed by atoms with van der Waals surface area (Å²) in [5.41, 5.74) is 0.870. The lowest BCUT2D eigenvalue weighted by Crippen LogP contribution is -2.40. The predicted octanol–water partition coefficient (Wildman–Crippen LogP) is 4.50. The molecular weight excluding hydrogens is 412 g/mol. The SMILES string of the molecule is O=C(c1ccccc1)c1cc([N+](=O)[O-])ccc1N(C(=O)CBr)C1CCCC1. The maximum atomic E-state index is 13.1. The van der Waals surface area contributed by atoms with Gasteiger partial charge in [0.25, 0.3) is 5.69 Å². The molecule has 1 aliphatic carbocycles. The van der Waals surface area contributed by atoms with E-state index in [9.17, 15) is 19.7 Å². The average molecular weight is 431 g/mol. The Bertz CT molecular complexity index is 864. The summed E-state index contributed by atoms with van der Waals surface area (Å²) in [5, 5.41) is 11.4. The Labute approximate surface area is 165 Å². The molecule has 6 nitrogen and oxygen atoms in total. The van der Waals surface area contributed by atoms with Gasteiger partial charge in [0, 0.05) is 23.7 Å². The van der Waals surface area contributed by atoms with Gasteiger partial charge in [-0.3, -0.25) is 19.7 Å². The third kappa shape index (κ3) is 4.08. The van der Waals surface area contributed by atoms with Gasteiger partial charge < -0.3 is 4.90 Å². The minimum absolute atomic E-state index is 0.00108. The first kappa shape index (κ1) is 19.2. The number of carbonyl (C=O) groups excluding carboxylic acids is 2. The predicted molar refractivity (Wildman–Crippen MR) is 107 cm³/mol. The van der Waals surface area contributed by atoms with Gasteiger partial charge in [0.05, 0.1) is 21.5 Å². The van der Waals surface area contributed by atoms with Gasteiger partial charge in [-0.25, -0.2) is 0 Å². The Morgan fingerprint density at radius 1 is 1.11 bits per heavy atom. The molecule has 0 radical (unpaired) electrons. The highest BCUT2D eigenvalue weighted by Crippen LogP contribution is 2.34. The number of non-ortho nitro benzene ring substituents is 1. The van der Waals surface area contributed by atoms with Crippen molar-refractivity contribution in [3.8, 4) is 0 Å². The summed E-state index contributed by atoms with van der Waals surface area (Å²) in [6.07, 6.45) is 3.75. The van der Waals surface area contributed by atoms with Crippen LogP contribution in [0, 0.1) is 10.1 Å². The van der Waals surface area contributed by atoms with Crippen LogP contribution in [0.15, 0.2) is 48.5 Å². The van der Waals surface area contributed by atoms with Gasteiger partial charge in [-0.1, -0.05) is 59.1 Å². The van der Waals surface area contributed by atoms with Crippen molar-refractivity contribution >= 4 is 39.0 Å². The van der Waals surface area contributed by atoms with Gasteiger partial charge in [0.15, 0.2) is 5.78 Å². The lowest BCUT2D eigenvalue weighted by Gasteiger charge is -2.30. The highest BCUT2D eigenvalue weighted by molar-refractivity contribution is 9.09. The van der Waals surface area contributed by atoms with Crippen molar-refractivity contribution < 1.29 is 14.5 Å². The van der Waals surface area contributed by atoms with E-state index < -0.39 is 4.92 Å². The zero-order chi connectivity index (χ0) is 19.4. The fourth-order valence-corrected chi connectivity index (χ4v) is 3.81. The second-order valence-corrected chi connectivity index (χ2v) is 7.05. The van der Waals surface area contributed by atoms with E-state index in [1.54, 1.807) is 35.2 Å². The molecule has 0 aliphatic heterocycles. The maximum absolute atomic E-state index is 13.1. The highest BCUT2D eigenvalue weighted by Gasteiger charge is 2.31. The first-order valence-corrected chi connectivity index (χ1v) is 9.91. The van der Waals surface area contributed by atoms with Crippen molar-refractivity contribution in [2.75, 3.05) is 10.2 Å². The monoisotopic (exact) mass is 430 g/mol. The Morgan fingerprint density at radius 2 is 1.78 bits per heavy atom. The Balaban J connectivity index is 2.14. The third-order valence-corrected chi connectivity index (χ3v) is 5.28. The van der Waals surface area contributed by atoms with E-state index in [2.05, 4.69) is 15.9 Å². The topological polar surface area (TPSA) is 80.5 Å². The number of anilines is 1. The standard InChI is InChI=1S/C20H19BrN2O4/c21-13-19(24)22(15-8-4-5-9-15)18-11-10-16(23(26)27)12-17(18)20(25)14-6-2-1-3-7-14/h1-3,6-7,10-12,15H,4-5,8-9,13H2. The minimum Gasteiger partial charge on any atom is -0.308 e. The summed E-state index contributed by atoms with van der Waals surface area (Å²) in [4.78, 5) is 38.1. The van der Waals surface area contributed by atoms with Crippen molar-refractivity contribution in [2.24, 2.45) is 0 Å². The first-order chi connectivity index (χ1) is 13.0. The molecule has 0 spiro atoms. The normalized spacial score (nSPS) is 14.1. The number of nitrogens with zero attached hydrogens (tertiary/aromatic N) is 2. The molecule has 2 aromatic carbocycles. The molecule has 0 bridgehead atoms. The summed E-state index contributed by atoms with van der Waals surface area (Å²) in [6, 6.07) is 12.7. The molecule has 0 atom stereocenters. The number of nitro groups is 1. The highest BCUT2D eigenvalue weighted by atomic mass is 79.9. The van der Waals surface area contributed by atoms with Gasteiger partial charge in [-0.05, 0) is 18.9 Å². The van der Waals surface area contributed by atoms with Crippen LogP contribution in [-0.2, 0) is 4.79 Å². The lowest BCUT2D eigenvalue weighted by molar-refractivity contribution is -0.384. The van der Waals surface area contributed by atoms with Crippen LogP contribution >= 0.6 is 15.9 Å². The van der Waals surface area contributed by atoms with Crippen LogP contribution in [-0.4, -0.2) is 28.0 Å². The molecule has 2 aromatic rings. The molecule has 0 unspecified atom stereocenters. The lowest BCUT2D eigenvalue weighted by atomic mass is 9.99. The molecule has 7 heteroatoms. The third-order valence-electron chi connectivity index (χ3n) is 4.80. The van der Waals surface area contributed by atoms with Crippen LogP contribution < -0.4 is 4.90 Å². The Morgan fingerprint density at radius 3 is 2.37 bits per heavy atom. The van der Waals surface area contributed by atoms with Crippen LogP contribution in [0.2, 0.25) is 0 Å². The van der Waals surface area contributed by atoms with E-state index in [-0.39, 0.29) is 34.3 Å². The quantitative estimate of drug-likeness (QED) is 0.292. The van der Waals surface area contributed by atoms with Crippen molar-refractivity contribution in [1.82, 2.24) is 0 Å². The summed E-state index contributed by atoms with van der Waals surface area (Å²) in [5.74, 6) is -0.488. The number of hydrogen-bond acceptors (Lipinski definition) is 4. The molecule has 3 rings (SSSR count). The smallest absolute Gasteiger partial charge is 0.270 e. The second-order valence-electron chi connectivity index (χ2n) is 6.49. The summed E-state index contributed by atoms with van der Waals surface area (Å²) >= 11 is 3.22. The number of amides is 1. The first-order valence-electron chi connectivity index (χ1n) is 8.79. The number of ketones is 1. The summed E-state index contributed by atoms with van der Waals surface area (Å²) < 4.78 is 0. The zero-order valence-corrected chi connectivity index (χ0v) is 16.2. The van der Waals surface area contributed by atoms with Crippen LogP contribution in [0.25, 0.3) is 0 Å². The van der Waals surface area contributed by atoms with Crippen LogP contribution in [0.3, 0.4) is 0 Å². The van der Waals surface area contributed by atoms with Crippen molar-refractivity contribution in [2.45, 2.75) is 31.7 Å². The van der Waals surface area contributed by atoms with Crippen molar-refractivity contribution in [1.29, 1.82) is 0 Å². The van der Waals surface area contributed by atoms with Gasteiger partial charge in [0.2, 0.25) is 5.91 Å². The van der Waals surface area contributed by atoms with E-state index in [1.807, 2.05) is 0 Å². The van der Waals surface area contributed by atoms with Crippen LogP contribution in [0.1, 0.15) is 41.6 Å². The van der Waals surface area contributed by atoms with E-state index in [1.165, 1.54) is 18.2 Å². The molecule has 1 fully saturated rings. The molecule has 1 aliphatic rings. The fourth-order valence-electron chi connectivity index (χ4n) is 3.54. The molecule has 140 valence electrons. The summed E-state index contributed by atoms with van der Waals surface area (Å²) in [6.45, 7) is 0. The van der Waals surface area contributed by atoms with Gasteiger partial charge in [0.1, 0.15) is 0 Å². The van der Waals surface area contributed by atoms with E-state index in [0.717, 1.165) is 25.7 Å². The molecule has 0 heterocycles. The van der Waals surface area contributed by atoms with Gasteiger partial charge >= 0.3 is 0 Å². The van der Waals surface area contributed by atoms with Gasteiger partial charge in [-0.15, -0.1) is 0 Å². The Hall–Kier alpha value is -2.54. The molecule has 1 amide bonds. The molecule has 27 heavy (non-hydrogen) atoms. The largest absolute Gasteiger partial charge is 0.308 e. The number of hydrogen-bond donors (Lipinski definition) is 0. The van der Waals surface area contributed by atoms with E-state index in [4.69, 9.17) is 0 Å². The molecule has 1 saturated carbocycles. The molecule has 0 aromatic heterocycles. The number of benzene rings is 2. The summed E-state index contributed by atoms with van der Waals surface area (Å²) in [7, 11) is 0. The van der Waals surface area contributed by atoms with Crippen LogP contribution in [0.4, 0.5) is 11.4 Å². The maximum Gasteiger partial charge on any atom is 0.270 e. The number of halogens is 1. The number of alkyl halides is 1. The van der Waals surface area contributed by atoms with E-state index >= 15 is 0 Å². The molecule has 0 saturated heterocycles. The average Bonchev–Trinajstić information content (AvgIpc) is 3.22.